The SMILES string of the molecule is CC(C)Cc1ccc(CC(=O)NCCNC(=O)c2ccco2)cc1. The normalized spacial score (nSPS) is 10.6. The topological polar surface area (TPSA) is 71.3 Å². The highest BCUT2D eigenvalue weighted by Crippen LogP contribution is 2.10. The standard InChI is InChI=1S/C19H24N2O3/c1-14(2)12-15-5-7-16(8-6-15)13-18(22)20-9-10-21-19(23)17-4-3-11-24-17/h3-8,11,14H,9-10,12-13H2,1-2H3,(H,20,22)(H,21,23). The van der Waals surface area contributed by atoms with E-state index in [1.807, 2.05) is 12.1 Å². The molecule has 5 heteroatoms. The van der Waals surface area contributed by atoms with Crippen molar-refractivity contribution in [2.24, 2.45) is 5.92 Å². The van der Waals surface area contributed by atoms with E-state index >= 15 is 0 Å². The Balaban J connectivity index is 1.67. The van der Waals surface area contributed by atoms with Gasteiger partial charge in [-0.25, -0.2) is 0 Å². The minimum atomic E-state index is -0.282. The van der Waals surface area contributed by atoms with Gasteiger partial charge in [0.25, 0.3) is 5.91 Å². The molecule has 0 atom stereocenters. The molecule has 128 valence electrons. The van der Waals surface area contributed by atoms with E-state index in [0.717, 1.165) is 12.0 Å². The van der Waals surface area contributed by atoms with Crippen LogP contribution in [0.25, 0.3) is 0 Å². The highest BCUT2D eigenvalue weighted by atomic mass is 16.3. The van der Waals surface area contributed by atoms with Crippen LogP contribution < -0.4 is 10.6 Å². The zero-order chi connectivity index (χ0) is 17.4. The first-order valence-electron chi connectivity index (χ1n) is 8.21. The fraction of sp³-hybridized carbons (Fsp3) is 0.368. The van der Waals surface area contributed by atoms with Crippen LogP contribution in [0.1, 0.15) is 35.5 Å². The summed E-state index contributed by atoms with van der Waals surface area (Å²) in [6, 6.07) is 11.4. The Morgan fingerprint density at radius 3 is 2.29 bits per heavy atom. The maximum atomic E-state index is 11.9. The molecule has 1 aromatic carbocycles. The van der Waals surface area contributed by atoms with Crippen molar-refractivity contribution in [2.75, 3.05) is 13.1 Å². The summed E-state index contributed by atoms with van der Waals surface area (Å²) in [5, 5.41) is 5.48. The number of amides is 2. The molecule has 0 aliphatic heterocycles. The lowest BCUT2D eigenvalue weighted by atomic mass is 10.0. The van der Waals surface area contributed by atoms with E-state index in [0.29, 0.717) is 25.4 Å². The van der Waals surface area contributed by atoms with Crippen molar-refractivity contribution in [3.8, 4) is 0 Å². The van der Waals surface area contributed by atoms with Crippen LogP contribution in [-0.4, -0.2) is 24.9 Å². The van der Waals surface area contributed by atoms with Gasteiger partial charge in [0.05, 0.1) is 12.7 Å². The third-order valence-corrected chi connectivity index (χ3v) is 3.51. The fourth-order valence-corrected chi connectivity index (χ4v) is 2.39. The Bertz CT molecular complexity index is 646. The second kappa shape index (κ2) is 8.91. The molecule has 2 aromatic rings. The zero-order valence-corrected chi connectivity index (χ0v) is 14.2. The lowest BCUT2D eigenvalue weighted by molar-refractivity contribution is -0.120. The summed E-state index contributed by atoms with van der Waals surface area (Å²) in [4.78, 5) is 23.5. The zero-order valence-electron chi connectivity index (χ0n) is 14.2. The van der Waals surface area contributed by atoms with Gasteiger partial charge in [0.2, 0.25) is 5.91 Å². The quantitative estimate of drug-likeness (QED) is 0.732. The Hall–Kier alpha value is -2.56. The van der Waals surface area contributed by atoms with E-state index in [1.54, 1.807) is 12.1 Å². The van der Waals surface area contributed by atoms with Gasteiger partial charge in [0, 0.05) is 13.1 Å². The number of rotatable bonds is 8. The molecule has 5 nitrogen and oxygen atoms in total. The Morgan fingerprint density at radius 2 is 1.67 bits per heavy atom. The van der Waals surface area contributed by atoms with Gasteiger partial charge in [-0.05, 0) is 35.6 Å². The smallest absolute Gasteiger partial charge is 0.287 e. The van der Waals surface area contributed by atoms with Crippen LogP contribution >= 0.6 is 0 Å². The van der Waals surface area contributed by atoms with E-state index < -0.39 is 0 Å². The van der Waals surface area contributed by atoms with Crippen molar-refractivity contribution in [2.45, 2.75) is 26.7 Å². The number of hydrogen-bond donors (Lipinski definition) is 2. The third-order valence-electron chi connectivity index (χ3n) is 3.51. The first-order valence-corrected chi connectivity index (χ1v) is 8.21. The van der Waals surface area contributed by atoms with Crippen molar-refractivity contribution in [3.63, 3.8) is 0 Å². The molecular formula is C19H24N2O3. The Morgan fingerprint density at radius 1 is 1.00 bits per heavy atom. The van der Waals surface area contributed by atoms with E-state index in [4.69, 9.17) is 4.42 Å². The maximum Gasteiger partial charge on any atom is 0.287 e. The number of furan rings is 1. The van der Waals surface area contributed by atoms with Crippen LogP contribution in [0.2, 0.25) is 0 Å². The summed E-state index contributed by atoms with van der Waals surface area (Å²) in [7, 11) is 0. The molecule has 0 saturated heterocycles. The lowest BCUT2D eigenvalue weighted by Gasteiger charge is -2.08. The number of hydrogen-bond acceptors (Lipinski definition) is 3. The molecule has 0 unspecified atom stereocenters. The molecule has 1 heterocycles. The highest BCUT2D eigenvalue weighted by Gasteiger charge is 2.08. The van der Waals surface area contributed by atoms with Crippen LogP contribution in [0.4, 0.5) is 0 Å². The fourth-order valence-electron chi connectivity index (χ4n) is 2.39. The second-order valence-electron chi connectivity index (χ2n) is 6.17. The molecule has 0 aliphatic carbocycles. The highest BCUT2D eigenvalue weighted by molar-refractivity contribution is 5.91. The predicted octanol–water partition coefficient (Wildman–Crippen LogP) is 2.57. The molecule has 1 aromatic heterocycles. The van der Waals surface area contributed by atoms with Gasteiger partial charge in [-0.1, -0.05) is 38.1 Å². The maximum absolute atomic E-state index is 11.9. The number of carbonyl (C=O) groups is 2. The molecule has 0 bridgehead atoms. The van der Waals surface area contributed by atoms with E-state index in [9.17, 15) is 9.59 Å². The molecule has 2 amide bonds. The summed E-state index contributed by atoms with van der Waals surface area (Å²) in [6.45, 7) is 5.12. The average molecular weight is 328 g/mol. The van der Waals surface area contributed by atoms with Crippen molar-refractivity contribution in [1.82, 2.24) is 10.6 Å². The third kappa shape index (κ3) is 5.91. The summed E-state index contributed by atoms with van der Waals surface area (Å²) in [5.74, 6) is 0.548. The minimum absolute atomic E-state index is 0.0566. The van der Waals surface area contributed by atoms with Gasteiger partial charge >= 0.3 is 0 Å². The monoisotopic (exact) mass is 328 g/mol. The molecule has 0 spiro atoms. The largest absolute Gasteiger partial charge is 0.459 e. The molecule has 0 fully saturated rings. The van der Waals surface area contributed by atoms with Crippen molar-refractivity contribution < 1.29 is 14.0 Å². The van der Waals surface area contributed by atoms with Crippen LogP contribution in [0.5, 0.6) is 0 Å². The predicted molar refractivity (Wildman–Crippen MR) is 92.7 cm³/mol. The van der Waals surface area contributed by atoms with Crippen LogP contribution in [0, 0.1) is 5.92 Å². The summed E-state index contributed by atoms with van der Waals surface area (Å²) in [5.41, 5.74) is 2.27. The van der Waals surface area contributed by atoms with Gasteiger partial charge in [0.1, 0.15) is 0 Å². The summed E-state index contributed by atoms with van der Waals surface area (Å²) >= 11 is 0. The molecule has 0 aliphatic rings. The first kappa shape index (κ1) is 17.8. The van der Waals surface area contributed by atoms with Gasteiger partial charge in [-0.15, -0.1) is 0 Å². The average Bonchev–Trinajstić information content (AvgIpc) is 3.07. The van der Waals surface area contributed by atoms with Gasteiger partial charge in [-0.2, -0.15) is 0 Å². The summed E-state index contributed by atoms with van der Waals surface area (Å²) in [6.07, 6.45) is 2.83. The van der Waals surface area contributed by atoms with Gasteiger partial charge < -0.3 is 15.1 Å². The Labute approximate surface area is 142 Å². The van der Waals surface area contributed by atoms with Crippen LogP contribution in [-0.2, 0) is 17.6 Å². The van der Waals surface area contributed by atoms with Crippen LogP contribution in [0.3, 0.4) is 0 Å². The number of benzene rings is 1. The Kier molecular flexibility index (Phi) is 6.61. The van der Waals surface area contributed by atoms with Crippen molar-refractivity contribution in [3.05, 3.63) is 59.5 Å². The van der Waals surface area contributed by atoms with E-state index in [-0.39, 0.29) is 17.6 Å². The molecule has 0 radical (unpaired) electrons. The van der Waals surface area contributed by atoms with Gasteiger partial charge in [0.15, 0.2) is 5.76 Å². The van der Waals surface area contributed by atoms with Gasteiger partial charge in [-0.3, -0.25) is 9.59 Å². The molecule has 24 heavy (non-hydrogen) atoms. The van der Waals surface area contributed by atoms with Crippen molar-refractivity contribution >= 4 is 11.8 Å². The number of carbonyl (C=O) groups excluding carboxylic acids is 2. The molecule has 2 N–H and O–H groups in total. The lowest BCUT2D eigenvalue weighted by Crippen LogP contribution is -2.35. The molecular weight excluding hydrogens is 304 g/mol. The second-order valence-corrected chi connectivity index (χ2v) is 6.17. The minimum Gasteiger partial charge on any atom is -0.459 e. The van der Waals surface area contributed by atoms with Crippen molar-refractivity contribution in [1.29, 1.82) is 0 Å². The van der Waals surface area contributed by atoms with E-state index in [2.05, 4.69) is 36.6 Å². The summed E-state index contributed by atoms with van der Waals surface area (Å²) < 4.78 is 4.99. The first-order chi connectivity index (χ1) is 11.5. The van der Waals surface area contributed by atoms with E-state index in [1.165, 1.54) is 11.8 Å². The van der Waals surface area contributed by atoms with Crippen LogP contribution in [0.15, 0.2) is 47.1 Å². The number of nitrogens with one attached hydrogen (secondary N) is 2. The molecule has 0 saturated carbocycles. The molecule has 2 rings (SSSR count).